The van der Waals surface area contributed by atoms with Crippen LogP contribution in [0.4, 0.5) is 14.7 Å². The maximum atomic E-state index is 15.2. The molecule has 2 bridgehead atoms. The summed E-state index contributed by atoms with van der Waals surface area (Å²) in [7, 11) is 0.288. The summed E-state index contributed by atoms with van der Waals surface area (Å²) in [5.74, 6) is -1.83. The Morgan fingerprint density at radius 1 is 0.984 bits per heavy atom. The van der Waals surface area contributed by atoms with Gasteiger partial charge in [-0.15, -0.1) is 11.3 Å². The molecule has 2 aliphatic heterocycles. The van der Waals surface area contributed by atoms with Gasteiger partial charge in [-0.2, -0.15) is 0 Å². The zero-order chi connectivity index (χ0) is 45.5. The van der Waals surface area contributed by atoms with Crippen molar-refractivity contribution in [2.45, 2.75) is 91.1 Å². The van der Waals surface area contributed by atoms with Gasteiger partial charge in [-0.25, -0.2) is 19.4 Å². The number of thiazole rings is 1. The molecule has 2 saturated heterocycles. The van der Waals surface area contributed by atoms with Crippen molar-refractivity contribution in [1.82, 2.24) is 25.4 Å². The third-order valence-electron chi connectivity index (χ3n) is 13.4. The van der Waals surface area contributed by atoms with E-state index in [1.807, 2.05) is 45.9 Å². The summed E-state index contributed by atoms with van der Waals surface area (Å²) in [6.07, 6.45) is 0.560. The first kappa shape index (κ1) is 45.5. The molecule has 63 heavy (non-hydrogen) atoms. The maximum Gasteiger partial charge on any atom is 0.489 e. The highest BCUT2D eigenvalue weighted by Crippen LogP contribution is 2.66. The largest absolute Gasteiger partial charge is 0.496 e. The molecular weight excluding hydrogens is 831 g/mol. The number of urea groups is 1. The summed E-state index contributed by atoms with van der Waals surface area (Å²) >= 11 is 0.980. The molecule has 4 unspecified atom stereocenters. The van der Waals surface area contributed by atoms with E-state index in [4.69, 9.17) is 23.5 Å². The van der Waals surface area contributed by atoms with E-state index in [0.29, 0.717) is 11.7 Å². The number of esters is 1. The smallest absolute Gasteiger partial charge is 0.489 e. The van der Waals surface area contributed by atoms with Crippen LogP contribution in [-0.4, -0.2) is 108 Å². The topological polar surface area (TPSA) is 204 Å². The summed E-state index contributed by atoms with van der Waals surface area (Å²) < 4.78 is 30.8. The minimum absolute atomic E-state index is 0.00461. The number of aromatic nitrogens is 1. The predicted octanol–water partition coefficient (Wildman–Crippen LogP) is 5.37. The van der Waals surface area contributed by atoms with Crippen molar-refractivity contribution in [1.29, 1.82) is 0 Å². The molecule has 2 aromatic carbocycles. The fourth-order valence-electron chi connectivity index (χ4n) is 9.36. The van der Waals surface area contributed by atoms with Crippen LogP contribution in [0.15, 0.2) is 60.0 Å². The molecule has 6 amide bonds. The number of nitrogens with zero attached hydrogens (tertiary/aromatic N) is 3. The molecule has 3 heterocycles. The van der Waals surface area contributed by atoms with Crippen molar-refractivity contribution in [3.05, 3.63) is 76.8 Å². The Kier molecular flexibility index (Phi) is 12.7. The molecule has 0 spiro atoms. The van der Waals surface area contributed by atoms with Crippen LogP contribution in [0.2, 0.25) is 0 Å². The third-order valence-corrected chi connectivity index (χ3v) is 14.2. The second-order valence-electron chi connectivity index (χ2n) is 18.3. The first-order valence-electron chi connectivity index (χ1n) is 21.1. The number of carbonyl (C=O) groups excluding carboxylic acids is 6. The number of amides is 6. The molecule has 0 radical (unpaired) electrons. The van der Waals surface area contributed by atoms with Gasteiger partial charge >= 0.3 is 25.2 Å². The number of hydrogen-bond donors (Lipinski definition) is 3. The molecular formula is C44H55BN6O11S. The van der Waals surface area contributed by atoms with Gasteiger partial charge < -0.3 is 39.1 Å². The lowest BCUT2D eigenvalue weighted by Crippen LogP contribution is -2.71. The van der Waals surface area contributed by atoms with Crippen LogP contribution in [-0.2, 0) is 39.8 Å². The van der Waals surface area contributed by atoms with Crippen LogP contribution < -0.4 is 20.7 Å². The van der Waals surface area contributed by atoms with Crippen LogP contribution >= 0.6 is 11.3 Å². The number of piperazine rings is 1. The van der Waals surface area contributed by atoms with Gasteiger partial charge in [0.15, 0.2) is 11.2 Å². The standard InChI is InChI=1S/C44H55BN6O11S/c1-9-51-33(52)21-50(22-34(51)53)39(56)47-35(29-24-63-38(46-29)48-40(57)59-23-26-15-11-10-12-16-26)36(54)49-44(41(2,3)4,25-60-37(55)28-17-13-14-18-30(28)58-8)45-61-32-20-27-19-31(42(27,5)6)43(32,7)62-45/h10-18,24,27,31-32,35H,9,19-23,25H2,1-8H3,(H,47,56)(H,49,54)(H,46,48,57)/t27?,31?,32?,35?,43-,44-/m0/s1. The fourth-order valence-corrected chi connectivity index (χ4v) is 10.1. The van der Waals surface area contributed by atoms with E-state index in [0.717, 1.165) is 39.5 Å². The number of carbonyl (C=O) groups is 6. The number of ether oxygens (including phenoxy) is 3. The molecule has 3 saturated carbocycles. The average molecular weight is 887 g/mol. The van der Waals surface area contributed by atoms with Crippen molar-refractivity contribution in [2.75, 3.05) is 38.7 Å². The number of anilines is 1. The van der Waals surface area contributed by atoms with E-state index in [2.05, 4.69) is 34.8 Å². The Bertz CT molecular complexity index is 2240. The lowest BCUT2D eigenvalue weighted by Gasteiger charge is -2.64. The van der Waals surface area contributed by atoms with Crippen molar-refractivity contribution in [3.63, 3.8) is 0 Å². The Labute approximate surface area is 371 Å². The van der Waals surface area contributed by atoms with E-state index >= 15 is 4.79 Å². The molecule has 5 aliphatic rings. The number of nitrogens with one attached hydrogen (secondary N) is 3. The Hall–Kier alpha value is -5.53. The molecule has 3 N–H and O–H groups in total. The molecule has 3 aromatic rings. The van der Waals surface area contributed by atoms with Crippen molar-refractivity contribution >= 4 is 59.4 Å². The highest BCUT2D eigenvalue weighted by atomic mass is 32.1. The molecule has 6 atom stereocenters. The first-order valence-corrected chi connectivity index (χ1v) is 22.0. The number of para-hydroxylation sites is 1. The molecule has 17 nitrogen and oxygen atoms in total. The molecule has 3 aliphatic carbocycles. The summed E-state index contributed by atoms with van der Waals surface area (Å²) in [5, 5.41) is 9.94. The van der Waals surface area contributed by atoms with Crippen LogP contribution in [0.25, 0.3) is 0 Å². The van der Waals surface area contributed by atoms with Gasteiger partial charge in [0.25, 0.3) is 0 Å². The van der Waals surface area contributed by atoms with Gasteiger partial charge in [0.05, 0.1) is 24.5 Å². The van der Waals surface area contributed by atoms with Gasteiger partial charge in [0.1, 0.15) is 43.1 Å². The van der Waals surface area contributed by atoms with E-state index < -0.39 is 85.1 Å². The van der Waals surface area contributed by atoms with Gasteiger partial charge in [0.2, 0.25) is 17.7 Å². The highest BCUT2D eigenvalue weighted by Gasteiger charge is 2.72. The van der Waals surface area contributed by atoms with Gasteiger partial charge in [-0.3, -0.25) is 24.6 Å². The van der Waals surface area contributed by atoms with Crippen molar-refractivity contribution in [2.24, 2.45) is 22.7 Å². The first-order chi connectivity index (χ1) is 29.8. The lowest BCUT2D eigenvalue weighted by atomic mass is 9.43. The molecule has 336 valence electrons. The van der Waals surface area contributed by atoms with Gasteiger partial charge in [0, 0.05) is 11.9 Å². The van der Waals surface area contributed by atoms with Gasteiger partial charge in [-0.1, -0.05) is 77.1 Å². The number of rotatable bonds is 13. The SMILES string of the molecule is CCN1C(=O)CN(C(=O)NC(C(=O)N[C@](COC(=O)c2ccccc2OC)(B2OC3CC4CC(C4(C)C)[C@]3(C)O2)C(C)(C)C)c2csc(NC(=O)OCc3ccccc3)n2)CC1=O. The normalized spacial score (nSPS) is 24.0. The number of likely N-dealkylation sites (N-methyl/N-ethyl adjacent to an activating group) is 1. The quantitative estimate of drug-likeness (QED) is 0.113. The highest BCUT2D eigenvalue weighted by molar-refractivity contribution is 7.13. The summed E-state index contributed by atoms with van der Waals surface area (Å²) in [4.78, 5) is 88.2. The molecule has 8 rings (SSSR count). The molecule has 1 aromatic heterocycles. The van der Waals surface area contributed by atoms with Crippen LogP contribution in [0, 0.1) is 22.7 Å². The zero-order valence-corrected chi connectivity index (χ0v) is 37.7. The Balaban J connectivity index is 1.22. The Morgan fingerprint density at radius 2 is 1.67 bits per heavy atom. The Morgan fingerprint density at radius 3 is 2.32 bits per heavy atom. The van der Waals surface area contributed by atoms with E-state index in [9.17, 15) is 24.0 Å². The van der Waals surface area contributed by atoms with Crippen LogP contribution in [0.3, 0.4) is 0 Å². The minimum Gasteiger partial charge on any atom is -0.496 e. The predicted molar refractivity (Wildman–Crippen MR) is 231 cm³/mol. The molecule has 5 fully saturated rings. The minimum atomic E-state index is -1.63. The number of methoxy groups -OCH3 is 1. The maximum absolute atomic E-state index is 15.2. The zero-order valence-electron chi connectivity index (χ0n) is 36.9. The summed E-state index contributed by atoms with van der Waals surface area (Å²) in [6, 6.07) is 13.2. The summed E-state index contributed by atoms with van der Waals surface area (Å²) in [5.41, 5.74) is -2.42. The fraction of sp³-hybridized carbons (Fsp3) is 0.523. The monoisotopic (exact) mass is 886 g/mol. The van der Waals surface area contributed by atoms with E-state index in [1.54, 1.807) is 43.3 Å². The van der Waals surface area contributed by atoms with Crippen molar-refractivity contribution < 1.29 is 52.3 Å². The van der Waals surface area contributed by atoms with E-state index in [-0.39, 0.29) is 47.0 Å². The van der Waals surface area contributed by atoms with Crippen LogP contribution in [0.1, 0.15) is 89.0 Å². The van der Waals surface area contributed by atoms with E-state index in [1.165, 1.54) is 12.5 Å². The third kappa shape index (κ3) is 8.74. The second kappa shape index (κ2) is 17.6. The summed E-state index contributed by atoms with van der Waals surface area (Å²) in [6.45, 7) is 12.6. The second-order valence-corrected chi connectivity index (χ2v) is 19.2. The number of imide groups is 1. The van der Waals surface area contributed by atoms with Crippen LogP contribution in [0.5, 0.6) is 5.75 Å². The lowest BCUT2D eigenvalue weighted by molar-refractivity contribution is -0.199. The average Bonchev–Trinajstić information content (AvgIpc) is 3.86. The molecule has 19 heteroatoms. The number of hydrogen-bond acceptors (Lipinski definition) is 13. The van der Waals surface area contributed by atoms with Gasteiger partial charge in [-0.05, 0) is 67.1 Å². The van der Waals surface area contributed by atoms with Crippen molar-refractivity contribution in [3.8, 4) is 5.75 Å². The number of benzene rings is 2.